The van der Waals surface area contributed by atoms with Crippen molar-refractivity contribution in [2.24, 2.45) is 0 Å². The predicted octanol–water partition coefficient (Wildman–Crippen LogP) is 2.08. The molecule has 0 aromatic heterocycles. The Morgan fingerprint density at radius 2 is 2.40 bits per heavy atom. The van der Waals surface area contributed by atoms with E-state index in [1.807, 2.05) is 6.08 Å². The summed E-state index contributed by atoms with van der Waals surface area (Å²) in [6, 6.07) is 0. The molecule has 3 aliphatic rings. The quantitative estimate of drug-likeness (QED) is 0.513. The molecule has 0 N–H and O–H groups in total. The lowest BCUT2D eigenvalue weighted by molar-refractivity contribution is -0.133. The van der Waals surface area contributed by atoms with E-state index >= 15 is 0 Å². The first kappa shape index (κ1) is 9.16. The lowest BCUT2D eigenvalue weighted by Crippen LogP contribution is -2.11. The first-order chi connectivity index (χ1) is 7.31. The van der Waals surface area contributed by atoms with Crippen LogP contribution in [0.4, 0.5) is 0 Å². The molecule has 0 amide bonds. The lowest BCUT2D eigenvalue weighted by atomic mass is 9.92. The number of rotatable bonds is 2. The first-order valence-electron chi connectivity index (χ1n) is 5.62. The zero-order valence-electron chi connectivity index (χ0n) is 8.79. The van der Waals surface area contributed by atoms with Crippen molar-refractivity contribution in [3.8, 4) is 0 Å². The zero-order chi connectivity index (χ0) is 10.4. The highest BCUT2D eigenvalue weighted by molar-refractivity contribution is 5.96. The monoisotopic (exact) mass is 206 g/mol. The van der Waals surface area contributed by atoms with Crippen LogP contribution in [-0.2, 0) is 14.3 Å². The Bertz CT molecular complexity index is 378. The van der Waals surface area contributed by atoms with Gasteiger partial charge in [-0.3, -0.25) is 0 Å². The van der Waals surface area contributed by atoms with E-state index in [1.165, 1.54) is 0 Å². The molecule has 2 heterocycles. The third-order valence-corrected chi connectivity index (χ3v) is 3.21. The number of cyclic esters (lactones) is 1. The Hall–Kier alpha value is -1.09. The average molecular weight is 206 g/mol. The van der Waals surface area contributed by atoms with Crippen molar-refractivity contribution in [1.29, 1.82) is 0 Å². The molecule has 0 spiro atoms. The minimum atomic E-state index is -0.181. The minimum Gasteiger partial charge on any atom is -0.423 e. The van der Waals surface area contributed by atoms with E-state index in [0.29, 0.717) is 6.10 Å². The zero-order valence-corrected chi connectivity index (χ0v) is 8.79. The van der Waals surface area contributed by atoms with Gasteiger partial charge in [-0.1, -0.05) is 13.3 Å². The number of fused-ring (bicyclic) bond motifs is 2. The van der Waals surface area contributed by atoms with E-state index in [0.717, 1.165) is 42.6 Å². The van der Waals surface area contributed by atoms with Crippen LogP contribution in [-0.4, -0.2) is 18.2 Å². The van der Waals surface area contributed by atoms with Crippen LogP contribution >= 0.6 is 0 Å². The van der Waals surface area contributed by atoms with Gasteiger partial charge in [-0.15, -0.1) is 0 Å². The summed E-state index contributed by atoms with van der Waals surface area (Å²) in [7, 11) is 0. The maximum Gasteiger partial charge on any atom is 0.342 e. The standard InChI is InChI=1S/C12H14O3/c1-2-3-4-8-7-5-6-9-11(14-9)10(7)12(13)15-8/h4,9,11H,2-3,5-6H2,1H3/b8-4-/t9-,11-/m1/s1. The number of hydrogen-bond acceptors (Lipinski definition) is 3. The van der Waals surface area contributed by atoms with Crippen LogP contribution in [0.5, 0.6) is 0 Å². The van der Waals surface area contributed by atoms with E-state index in [4.69, 9.17) is 9.47 Å². The van der Waals surface area contributed by atoms with Gasteiger partial charge in [-0.2, -0.15) is 0 Å². The second-order valence-electron chi connectivity index (χ2n) is 4.27. The molecule has 15 heavy (non-hydrogen) atoms. The van der Waals surface area contributed by atoms with Gasteiger partial charge in [-0.05, 0) is 25.3 Å². The molecule has 0 aromatic rings. The van der Waals surface area contributed by atoms with Crippen molar-refractivity contribution in [3.63, 3.8) is 0 Å². The Morgan fingerprint density at radius 3 is 3.20 bits per heavy atom. The van der Waals surface area contributed by atoms with Crippen molar-refractivity contribution in [3.05, 3.63) is 23.0 Å². The molecule has 3 rings (SSSR count). The fourth-order valence-corrected chi connectivity index (χ4v) is 2.36. The highest BCUT2D eigenvalue weighted by atomic mass is 16.6. The topological polar surface area (TPSA) is 38.8 Å². The van der Waals surface area contributed by atoms with E-state index in [1.54, 1.807) is 0 Å². The highest BCUT2D eigenvalue weighted by Gasteiger charge is 2.52. The molecule has 2 aliphatic heterocycles. The molecule has 3 heteroatoms. The van der Waals surface area contributed by atoms with Gasteiger partial charge in [0.05, 0.1) is 11.7 Å². The Morgan fingerprint density at radius 1 is 1.53 bits per heavy atom. The van der Waals surface area contributed by atoms with E-state index in [-0.39, 0.29) is 12.1 Å². The van der Waals surface area contributed by atoms with E-state index < -0.39 is 0 Å². The van der Waals surface area contributed by atoms with Crippen molar-refractivity contribution >= 4 is 5.97 Å². The molecule has 1 saturated heterocycles. The van der Waals surface area contributed by atoms with Gasteiger partial charge in [-0.25, -0.2) is 4.79 Å². The van der Waals surface area contributed by atoms with Crippen molar-refractivity contribution < 1.29 is 14.3 Å². The Labute approximate surface area is 88.7 Å². The van der Waals surface area contributed by atoms with Gasteiger partial charge in [0.2, 0.25) is 0 Å². The summed E-state index contributed by atoms with van der Waals surface area (Å²) in [6.07, 6.45) is 6.38. The number of epoxide rings is 1. The molecule has 3 nitrogen and oxygen atoms in total. The fraction of sp³-hybridized carbons (Fsp3) is 0.583. The molecular weight excluding hydrogens is 192 g/mol. The minimum absolute atomic E-state index is 0.0498. The van der Waals surface area contributed by atoms with Crippen LogP contribution in [0, 0.1) is 0 Å². The smallest absolute Gasteiger partial charge is 0.342 e. The summed E-state index contributed by atoms with van der Waals surface area (Å²) in [5.74, 6) is 0.616. The van der Waals surface area contributed by atoms with Gasteiger partial charge in [0, 0.05) is 5.57 Å². The molecule has 2 atom stereocenters. The Kier molecular flexibility index (Phi) is 1.96. The maximum atomic E-state index is 11.6. The second kappa shape index (κ2) is 3.20. The molecular formula is C12H14O3. The molecule has 0 aromatic carbocycles. The SMILES string of the molecule is CCC/C=C1\OC(=O)C2=C1CC[C@H]1O[C@@H]21. The predicted molar refractivity (Wildman–Crippen MR) is 54.0 cm³/mol. The maximum absolute atomic E-state index is 11.6. The largest absolute Gasteiger partial charge is 0.423 e. The van der Waals surface area contributed by atoms with Crippen LogP contribution in [0.1, 0.15) is 32.6 Å². The normalized spacial score (nSPS) is 35.3. The number of carbonyl (C=O) groups excluding carboxylic acids is 1. The molecule has 0 saturated carbocycles. The molecule has 80 valence electrons. The number of hydrogen-bond donors (Lipinski definition) is 0. The van der Waals surface area contributed by atoms with Crippen molar-refractivity contribution in [2.75, 3.05) is 0 Å². The number of carbonyl (C=O) groups is 1. The molecule has 0 radical (unpaired) electrons. The number of ether oxygens (including phenoxy) is 2. The highest BCUT2D eigenvalue weighted by Crippen LogP contribution is 2.46. The van der Waals surface area contributed by atoms with Gasteiger partial charge in [0.15, 0.2) is 0 Å². The third kappa shape index (κ3) is 1.34. The van der Waals surface area contributed by atoms with Crippen molar-refractivity contribution in [1.82, 2.24) is 0 Å². The molecule has 0 unspecified atom stereocenters. The van der Waals surface area contributed by atoms with Crippen LogP contribution in [0.2, 0.25) is 0 Å². The van der Waals surface area contributed by atoms with Crippen LogP contribution in [0.15, 0.2) is 23.0 Å². The van der Waals surface area contributed by atoms with Gasteiger partial charge >= 0.3 is 5.97 Å². The number of allylic oxidation sites excluding steroid dienone is 2. The lowest BCUT2D eigenvalue weighted by Gasteiger charge is -2.06. The fourth-order valence-electron chi connectivity index (χ4n) is 2.36. The van der Waals surface area contributed by atoms with Gasteiger partial charge < -0.3 is 9.47 Å². The molecule has 1 aliphatic carbocycles. The van der Waals surface area contributed by atoms with Crippen LogP contribution in [0.25, 0.3) is 0 Å². The number of esters is 1. The third-order valence-electron chi connectivity index (χ3n) is 3.21. The van der Waals surface area contributed by atoms with E-state index in [2.05, 4.69) is 6.92 Å². The summed E-state index contributed by atoms with van der Waals surface area (Å²) in [5, 5.41) is 0. The summed E-state index contributed by atoms with van der Waals surface area (Å²) >= 11 is 0. The average Bonchev–Trinajstić information content (AvgIpc) is 2.95. The second-order valence-corrected chi connectivity index (χ2v) is 4.27. The molecule has 1 fully saturated rings. The Balaban J connectivity index is 1.93. The summed E-state index contributed by atoms with van der Waals surface area (Å²) in [4.78, 5) is 11.6. The number of unbranched alkanes of at least 4 members (excludes halogenated alkanes) is 1. The van der Waals surface area contributed by atoms with Crippen LogP contribution in [0.3, 0.4) is 0 Å². The summed E-state index contributed by atoms with van der Waals surface area (Å²) in [5.41, 5.74) is 1.90. The van der Waals surface area contributed by atoms with Crippen LogP contribution < -0.4 is 0 Å². The summed E-state index contributed by atoms with van der Waals surface area (Å²) in [6.45, 7) is 2.12. The first-order valence-corrected chi connectivity index (χ1v) is 5.62. The van der Waals surface area contributed by atoms with Gasteiger partial charge in [0.1, 0.15) is 11.9 Å². The summed E-state index contributed by atoms with van der Waals surface area (Å²) < 4.78 is 10.7. The van der Waals surface area contributed by atoms with E-state index in [9.17, 15) is 4.79 Å². The van der Waals surface area contributed by atoms with Crippen molar-refractivity contribution in [2.45, 2.75) is 44.8 Å². The molecule has 0 bridgehead atoms. The van der Waals surface area contributed by atoms with Gasteiger partial charge in [0.25, 0.3) is 0 Å².